The van der Waals surface area contributed by atoms with Gasteiger partial charge in [0, 0.05) is 0 Å². The van der Waals surface area contributed by atoms with Crippen LogP contribution in [0.2, 0.25) is 0 Å². The van der Waals surface area contributed by atoms with Crippen molar-refractivity contribution in [1.29, 1.82) is 0 Å². The molecule has 0 aromatic carbocycles. The van der Waals surface area contributed by atoms with Crippen LogP contribution in [0.5, 0.6) is 0 Å². The molecular weight excluding hydrogens is 188 g/mol. The smallest absolute Gasteiger partial charge is 0.305 e. The Morgan fingerprint density at radius 3 is 3.00 bits per heavy atom. The van der Waals surface area contributed by atoms with Crippen LogP contribution in [0.1, 0.15) is 12.0 Å². The summed E-state index contributed by atoms with van der Waals surface area (Å²) in [4.78, 5) is 10.1. The number of rotatable bonds is 6. The molecule has 0 fully saturated rings. The monoisotopic (exact) mass is 200 g/mol. The zero-order chi connectivity index (χ0) is 9.52. The van der Waals surface area contributed by atoms with Gasteiger partial charge in [-0.05, 0) is 28.8 Å². The molecule has 0 bridgehead atoms. The minimum atomic E-state index is -0.810. The van der Waals surface area contributed by atoms with Crippen molar-refractivity contribution in [3.8, 4) is 0 Å². The largest absolute Gasteiger partial charge is 0.481 e. The zero-order valence-corrected chi connectivity index (χ0v) is 8.05. The fraction of sp³-hybridized carbons (Fsp3) is 0.444. The fourth-order valence-electron chi connectivity index (χ4n) is 0.886. The summed E-state index contributed by atoms with van der Waals surface area (Å²) in [6.07, 6.45) is 0.951. The topological polar surface area (TPSA) is 46.5 Å². The lowest BCUT2D eigenvalue weighted by Gasteiger charge is -2.00. The van der Waals surface area contributed by atoms with Crippen LogP contribution in [0, 0.1) is 0 Å². The van der Waals surface area contributed by atoms with Crippen molar-refractivity contribution in [1.82, 2.24) is 0 Å². The van der Waals surface area contributed by atoms with Crippen LogP contribution in [-0.4, -0.2) is 24.3 Å². The van der Waals surface area contributed by atoms with E-state index >= 15 is 0 Å². The molecule has 0 atom stereocenters. The third-order valence-electron chi connectivity index (χ3n) is 1.58. The van der Waals surface area contributed by atoms with E-state index in [1.165, 1.54) is 5.56 Å². The zero-order valence-electron chi connectivity index (χ0n) is 7.23. The van der Waals surface area contributed by atoms with Gasteiger partial charge < -0.3 is 9.84 Å². The van der Waals surface area contributed by atoms with Crippen molar-refractivity contribution < 1.29 is 14.6 Å². The molecule has 1 aromatic heterocycles. The molecular formula is C9H12O3S. The Hall–Kier alpha value is -0.870. The van der Waals surface area contributed by atoms with E-state index in [0.717, 1.165) is 6.42 Å². The van der Waals surface area contributed by atoms with E-state index in [4.69, 9.17) is 9.84 Å². The normalized spacial score (nSPS) is 10.2. The number of hydrogen-bond donors (Lipinski definition) is 1. The van der Waals surface area contributed by atoms with Gasteiger partial charge in [0.25, 0.3) is 0 Å². The van der Waals surface area contributed by atoms with Gasteiger partial charge in [0.2, 0.25) is 0 Å². The minimum absolute atomic E-state index is 0.0869. The molecule has 1 aromatic rings. The Kier molecular flexibility index (Phi) is 4.49. The van der Waals surface area contributed by atoms with Crippen molar-refractivity contribution in [2.45, 2.75) is 12.8 Å². The maximum Gasteiger partial charge on any atom is 0.305 e. The Balaban J connectivity index is 1.99. The number of carboxylic acid groups (broad SMARTS) is 1. The number of aliphatic carboxylic acids is 1. The number of carbonyl (C=O) groups is 1. The average Bonchev–Trinajstić information content (AvgIpc) is 2.55. The molecule has 0 saturated heterocycles. The van der Waals surface area contributed by atoms with Crippen LogP contribution >= 0.6 is 11.3 Å². The maximum atomic E-state index is 10.1. The molecule has 0 saturated carbocycles. The van der Waals surface area contributed by atoms with E-state index in [0.29, 0.717) is 13.2 Å². The third-order valence-corrected chi connectivity index (χ3v) is 2.31. The van der Waals surface area contributed by atoms with Gasteiger partial charge in [-0.15, -0.1) is 0 Å². The van der Waals surface area contributed by atoms with Gasteiger partial charge in [-0.3, -0.25) is 4.79 Å². The van der Waals surface area contributed by atoms with Crippen molar-refractivity contribution in [2.24, 2.45) is 0 Å². The quantitative estimate of drug-likeness (QED) is 0.712. The predicted octanol–water partition coefficient (Wildman–Crippen LogP) is 1.78. The first kappa shape index (κ1) is 10.2. The summed E-state index contributed by atoms with van der Waals surface area (Å²) in [6.45, 7) is 0.906. The van der Waals surface area contributed by atoms with E-state index in [1.54, 1.807) is 11.3 Å². The first-order valence-electron chi connectivity index (χ1n) is 4.09. The second kappa shape index (κ2) is 5.72. The number of thiophene rings is 1. The van der Waals surface area contributed by atoms with Crippen molar-refractivity contribution in [3.63, 3.8) is 0 Å². The van der Waals surface area contributed by atoms with E-state index in [-0.39, 0.29) is 6.42 Å². The highest BCUT2D eigenvalue weighted by molar-refractivity contribution is 7.07. The Morgan fingerprint density at radius 1 is 1.54 bits per heavy atom. The molecule has 1 rings (SSSR count). The minimum Gasteiger partial charge on any atom is -0.481 e. The number of hydrogen-bond acceptors (Lipinski definition) is 3. The summed E-state index contributed by atoms with van der Waals surface area (Å²) in [7, 11) is 0. The van der Waals surface area contributed by atoms with Crippen LogP contribution in [0.15, 0.2) is 16.8 Å². The standard InChI is InChI=1S/C9H12O3S/c10-9(11)2-5-12-4-1-8-3-6-13-7-8/h3,6-7H,1-2,4-5H2,(H,10,11). The Bertz CT molecular complexity index is 243. The molecule has 0 aliphatic rings. The predicted molar refractivity (Wildman–Crippen MR) is 51.1 cm³/mol. The van der Waals surface area contributed by atoms with Crippen molar-refractivity contribution >= 4 is 17.3 Å². The van der Waals surface area contributed by atoms with Crippen LogP contribution in [-0.2, 0) is 16.0 Å². The second-order valence-corrected chi connectivity index (χ2v) is 3.42. The average molecular weight is 200 g/mol. The van der Waals surface area contributed by atoms with Crippen LogP contribution < -0.4 is 0 Å². The molecule has 1 heterocycles. The Labute approximate surface area is 81.0 Å². The van der Waals surface area contributed by atoms with Crippen LogP contribution in [0.4, 0.5) is 0 Å². The summed E-state index contributed by atoms with van der Waals surface area (Å²) in [6, 6.07) is 2.05. The summed E-state index contributed by atoms with van der Waals surface area (Å²) >= 11 is 1.66. The molecule has 0 radical (unpaired) electrons. The van der Waals surface area contributed by atoms with E-state index in [9.17, 15) is 4.79 Å². The molecule has 1 N–H and O–H groups in total. The SMILES string of the molecule is O=C(O)CCOCCc1ccsc1. The highest BCUT2D eigenvalue weighted by Gasteiger charge is 1.97. The summed E-state index contributed by atoms with van der Waals surface area (Å²) in [5.74, 6) is -0.810. The maximum absolute atomic E-state index is 10.1. The van der Waals surface area contributed by atoms with Crippen LogP contribution in [0.3, 0.4) is 0 Å². The van der Waals surface area contributed by atoms with Crippen LogP contribution in [0.25, 0.3) is 0 Å². The molecule has 0 unspecified atom stereocenters. The first-order valence-corrected chi connectivity index (χ1v) is 5.04. The molecule has 0 aliphatic carbocycles. The number of ether oxygens (including phenoxy) is 1. The van der Waals surface area contributed by atoms with E-state index in [2.05, 4.69) is 5.38 Å². The van der Waals surface area contributed by atoms with Gasteiger partial charge in [-0.1, -0.05) is 0 Å². The van der Waals surface area contributed by atoms with E-state index < -0.39 is 5.97 Å². The van der Waals surface area contributed by atoms with Crippen molar-refractivity contribution in [3.05, 3.63) is 22.4 Å². The van der Waals surface area contributed by atoms with E-state index in [1.807, 2.05) is 11.4 Å². The fourth-order valence-corrected chi connectivity index (χ4v) is 1.59. The highest BCUT2D eigenvalue weighted by Crippen LogP contribution is 2.06. The lowest BCUT2D eigenvalue weighted by Crippen LogP contribution is -2.04. The molecule has 4 heteroatoms. The van der Waals surface area contributed by atoms with Gasteiger partial charge in [0.1, 0.15) is 0 Å². The molecule has 72 valence electrons. The lowest BCUT2D eigenvalue weighted by molar-refractivity contribution is -0.138. The molecule has 0 amide bonds. The van der Waals surface area contributed by atoms with Crippen molar-refractivity contribution in [2.75, 3.05) is 13.2 Å². The summed E-state index contributed by atoms with van der Waals surface area (Å²) in [5, 5.41) is 12.4. The molecule has 13 heavy (non-hydrogen) atoms. The number of carboxylic acids is 1. The van der Waals surface area contributed by atoms with Gasteiger partial charge in [-0.25, -0.2) is 0 Å². The van der Waals surface area contributed by atoms with Gasteiger partial charge in [-0.2, -0.15) is 11.3 Å². The Morgan fingerprint density at radius 2 is 2.38 bits per heavy atom. The lowest BCUT2D eigenvalue weighted by atomic mass is 10.3. The summed E-state index contributed by atoms with van der Waals surface area (Å²) in [5.41, 5.74) is 1.25. The second-order valence-electron chi connectivity index (χ2n) is 2.64. The van der Waals surface area contributed by atoms with Gasteiger partial charge in [0.05, 0.1) is 19.6 Å². The first-order chi connectivity index (χ1) is 6.29. The molecule has 3 nitrogen and oxygen atoms in total. The van der Waals surface area contributed by atoms with Gasteiger partial charge >= 0.3 is 5.97 Å². The molecule has 0 aliphatic heterocycles. The summed E-state index contributed by atoms with van der Waals surface area (Å²) < 4.78 is 5.14. The third kappa shape index (κ3) is 4.65. The molecule has 0 spiro atoms. The van der Waals surface area contributed by atoms with Gasteiger partial charge in [0.15, 0.2) is 0 Å². The highest BCUT2D eigenvalue weighted by atomic mass is 32.1.